The molecule has 0 heterocycles. The lowest BCUT2D eigenvalue weighted by molar-refractivity contribution is 0.0940. The van der Waals surface area contributed by atoms with Gasteiger partial charge in [-0.25, -0.2) is 0 Å². The molecule has 0 spiro atoms. The zero-order valence-corrected chi connectivity index (χ0v) is 14.5. The van der Waals surface area contributed by atoms with Crippen molar-refractivity contribution >= 4 is 45.0 Å². The number of carbonyl (C=O) groups is 1. The Kier molecular flexibility index (Phi) is 5.68. The Bertz CT molecular complexity index is 643. The number of rotatable bonds is 4. The molecule has 0 aliphatic rings. The van der Waals surface area contributed by atoms with E-state index in [2.05, 4.69) is 21.2 Å². The maximum absolute atomic E-state index is 12.2. The van der Waals surface area contributed by atoms with Crippen LogP contribution in [0.25, 0.3) is 0 Å². The standard InChI is InChI=1S/C16H14BrCl2NO/c1-10(13-6-7-14(18)15(19)8-13)20-16(21)12-4-2-11(9-17)3-5-12/h2-8,10H,9H2,1H3,(H,20,21). The lowest BCUT2D eigenvalue weighted by Crippen LogP contribution is -2.26. The lowest BCUT2D eigenvalue weighted by atomic mass is 10.1. The summed E-state index contributed by atoms with van der Waals surface area (Å²) >= 11 is 15.3. The van der Waals surface area contributed by atoms with Crippen LogP contribution in [0.15, 0.2) is 42.5 Å². The molecule has 0 aliphatic heterocycles. The third-order valence-corrected chi connectivity index (χ3v) is 4.55. The average molecular weight is 387 g/mol. The largest absolute Gasteiger partial charge is 0.346 e. The molecule has 0 radical (unpaired) electrons. The van der Waals surface area contributed by atoms with Crippen LogP contribution in [-0.2, 0) is 5.33 Å². The summed E-state index contributed by atoms with van der Waals surface area (Å²) < 4.78 is 0. The van der Waals surface area contributed by atoms with Gasteiger partial charge < -0.3 is 5.32 Å². The molecule has 1 N–H and O–H groups in total. The molecule has 110 valence electrons. The monoisotopic (exact) mass is 385 g/mol. The number of halogens is 3. The summed E-state index contributed by atoms with van der Waals surface area (Å²) in [5.74, 6) is -0.116. The second-order valence-electron chi connectivity index (χ2n) is 4.70. The molecule has 1 unspecified atom stereocenters. The molecule has 0 saturated carbocycles. The van der Waals surface area contributed by atoms with E-state index in [9.17, 15) is 4.79 Å². The van der Waals surface area contributed by atoms with Crippen LogP contribution in [0, 0.1) is 0 Å². The minimum Gasteiger partial charge on any atom is -0.346 e. The Balaban J connectivity index is 2.08. The maximum atomic E-state index is 12.2. The Morgan fingerprint density at radius 2 is 1.81 bits per heavy atom. The van der Waals surface area contributed by atoms with E-state index < -0.39 is 0 Å². The average Bonchev–Trinajstić information content (AvgIpc) is 2.50. The number of hydrogen-bond donors (Lipinski definition) is 1. The van der Waals surface area contributed by atoms with Crippen molar-refractivity contribution in [2.45, 2.75) is 18.3 Å². The quantitative estimate of drug-likeness (QED) is 0.702. The van der Waals surface area contributed by atoms with Gasteiger partial charge in [-0.2, -0.15) is 0 Å². The molecule has 2 nitrogen and oxygen atoms in total. The molecule has 0 aromatic heterocycles. The second-order valence-corrected chi connectivity index (χ2v) is 6.07. The predicted molar refractivity (Wildman–Crippen MR) is 91.4 cm³/mol. The van der Waals surface area contributed by atoms with E-state index in [4.69, 9.17) is 23.2 Å². The van der Waals surface area contributed by atoms with Crippen LogP contribution in [0.5, 0.6) is 0 Å². The van der Waals surface area contributed by atoms with Crippen molar-refractivity contribution in [2.24, 2.45) is 0 Å². The number of nitrogens with one attached hydrogen (secondary N) is 1. The first kappa shape index (κ1) is 16.3. The lowest BCUT2D eigenvalue weighted by Gasteiger charge is -2.15. The second kappa shape index (κ2) is 7.30. The number of hydrogen-bond acceptors (Lipinski definition) is 1. The number of carbonyl (C=O) groups excluding carboxylic acids is 1. The first-order chi connectivity index (χ1) is 10.0. The molecule has 0 bridgehead atoms. The van der Waals surface area contributed by atoms with E-state index in [1.54, 1.807) is 12.1 Å². The summed E-state index contributed by atoms with van der Waals surface area (Å²) in [5, 5.41) is 4.70. The van der Waals surface area contributed by atoms with Crippen molar-refractivity contribution < 1.29 is 4.79 Å². The van der Waals surface area contributed by atoms with Gasteiger partial charge in [0.15, 0.2) is 0 Å². The fraction of sp³-hybridized carbons (Fsp3) is 0.188. The molecular weight excluding hydrogens is 373 g/mol. The van der Waals surface area contributed by atoms with Crippen LogP contribution in [0.2, 0.25) is 10.0 Å². The highest BCUT2D eigenvalue weighted by molar-refractivity contribution is 9.08. The van der Waals surface area contributed by atoms with Crippen LogP contribution in [0.3, 0.4) is 0 Å². The molecule has 5 heteroatoms. The van der Waals surface area contributed by atoms with Gasteiger partial charge in [-0.3, -0.25) is 4.79 Å². The van der Waals surface area contributed by atoms with Crippen LogP contribution in [0.4, 0.5) is 0 Å². The first-order valence-electron chi connectivity index (χ1n) is 6.42. The van der Waals surface area contributed by atoms with Gasteiger partial charge in [-0.05, 0) is 42.3 Å². The molecule has 1 amide bonds. The molecular formula is C16H14BrCl2NO. The highest BCUT2D eigenvalue weighted by Gasteiger charge is 2.12. The highest BCUT2D eigenvalue weighted by Crippen LogP contribution is 2.25. The van der Waals surface area contributed by atoms with Crippen LogP contribution in [0.1, 0.15) is 34.5 Å². The van der Waals surface area contributed by atoms with E-state index in [-0.39, 0.29) is 11.9 Å². The molecule has 21 heavy (non-hydrogen) atoms. The van der Waals surface area contributed by atoms with Gasteiger partial charge in [0.25, 0.3) is 5.91 Å². The minimum atomic E-state index is -0.150. The SMILES string of the molecule is CC(NC(=O)c1ccc(CBr)cc1)c1ccc(Cl)c(Cl)c1. The Hall–Kier alpha value is -1.03. The normalized spacial score (nSPS) is 12.0. The smallest absolute Gasteiger partial charge is 0.251 e. The highest BCUT2D eigenvalue weighted by atomic mass is 79.9. The topological polar surface area (TPSA) is 29.1 Å². The van der Waals surface area contributed by atoms with Crippen molar-refractivity contribution in [1.29, 1.82) is 0 Å². The third-order valence-electron chi connectivity index (χ3n) is 3.16. The van der Waals surface area contributed by atoms with Crippen molar-refractivity contribution in [1.82, 2.24) is 5.32 Å². The van der Waals surface area contributed by atoms with Crippen molar-refractivity contribution in [3.8, 4) is 0 Å². The van der Waals surface area contributed by atoms with Crippen LogP contribution in [-0.4, -0.2) is 5.91 Å². The van der Waals surface area contributed by atoms with Crippen molar-refractivity contribution in [2.75, 3.05) is 0 Å². The van der Waals surface area contributed by atoms with E-state index >= 15 is 0 Å². The molecule has 0 fully saturated rings. The van der Waals surface area contributed by atoms with Crippen molar-refractivity contribution in [3.05, 3.63) is 69.2 Å². The summed E-state index contributed by atoms with van der Waals surface area (Å²) in [4.78, 5) is 12.2. The zero-order valence-electron chi connectivity index (χ0n) is 11.4. The van der Waals surface area contributed by atoms with Gasteiger partial charge >= 0.3 is 0 Å². The van der Waals surface area contributed by atoms with Crippen LogP contribution < -0.4 is 5.32 Å². The summed E-state index contributed by atoms with van der Waals surface area (Å²) in [6.07, 6.45) is 0. The summed E-state index contributed by atoms with van der Waals surface area (Å²) in [6, 6.07) is 12.7. The van der Waals surface area contributed by atoms with Crippen molar-refractivity contribution in [3.63, 3.8) is 0 Å². The molecule has 0 saturated heterocycles. The molecule has 2 rings (SSSR count). The molecule has 2 aromatic carbocycles. The Morgan fingerprint density at radius 1 is 1.14 bits per heavy atom. The molecule has 2 aromatic rings. The van der Waals surface area contributed by atoms with Gasteiger partial charge in [-0.1, -0.05) is 57.3 Å². The third kappa shape index (κ3) is 4.22. The van der Waals surface area contributed by atoms with E-state index in [1.165, 1.54) is 0 Å². The zero-order chi connectivity index (χ0) is 15.4. The number of alkyl halides is 1. The van der Waals surface area contributed by atoms with E-state index in [1.807, 2.05) is 37.3 Å². The van der Waals surface area contributed by atoms with Gasteiger partial charge in [0.1, 0.15) is 0 Å². The van der Waals surface area contributed by atoms with Gasteiger partial charge in [0.2, 0.25) is 0 Å². The van der Waals surface area contributed by atoms with Crippen LogP contribution >= 0.6 is 39.1 Å². The number of amides is 1. The Labute approximate surface area is 142 Å². The van der Waals surface area contributed by atoms with Gasteiger partial charge in [0.05, 0.1) is 16.1 Å². The predicted octanol–water partition coefficient (Wildman–Crippen LogP) is 5.38. The fourth-order valence-electron chi connectivity index (χ4n) is 1.89. The maximum Gasteiger partial charge on any atom is 0.251 e. The number of benzene rings is 2. The fourth-order valence-corrected chi connectivity index (χ4v) is 2.57. The summed E-state index contributed by atoms with van der Waals surface area (Å²) in [6.45, 7) is 1.91. The Morgan fingerprint density at radius 3 is 2.38 bits per heavy atom. The first-order valence-corrected chi connectivity index (χ1v) is 8.29. The van der Waals surface area contributed by atoms with Gasteiger partial charge in [-0.15, -0.1) is 0 Å². The summed E-state index contributed by atoms with van der Waals surface area (Å²) in [7, 11) is 0. The summed E-state index contributed by atoms with van der Waals surface area (Å²) in [5.41, 5.74) is 2.67. The molecule has 1 atom stereocenters. The van der Waals surface area contributed by atoms with E-state index in [0.29, 0.717) is 15.6 Å². The molecule has 0 aliphatic carbocycles. The van der Waals surface area contributed by atoms with E-state index in [0.717, 1.165) is 16.5 Å². The van der Waals surface area contributed by atoms with Gasteiger partial charge in [0, 0.05) is 10.9 Å². The minimum absolute atomic E-state index is 0.116.